The van der Waals surface area contributed by atoms with Crippen LogP contribution in [0.1, 0.15) is 5.69 Å². The van der Waals surface area contributed by atoms with Gasteiger partial charge in [0.2, 0.25) is 0 Å². The van der Waals surface area contributed by atoms with E-state index in [-0.39, 0.29) is 11.4 Å². The molecule has 20 heavy (non-hydrogen) atoms. The molecule has 0 aliphatic carbocycles. The lowest BCUT2D eigenvalue weighted by Crippen LogP contribution is -1.95. The summed E-state index contributed by atoms with van der Waals surface area (Å²) in [5.74, 6) is -0.899. The minimum atomic E-state index is -0.693. The Labute approximate surface area is 117 Å². The highest BCUT2D eigenvalue weighted by Crippen LogP contribution is 2.28. The van der Waals surface area contributed by atoms with Crippen LogP contribution in [0.5, 0.6) is 0 Å². The lowest BCUT2D eigenvalue weighted by atomic mass is 10.2. The van der Waals surface area contributed by atoms with Gasteiger partial charge < -0.3 is 0 Å². The fraction of sp³-hybridized carbons (Fsp3) is 0.167. The molecular weight excluding hydrogens is 284 g/mol. The van der Waals surface area contributed by atoms with Crippen molar-refractivity contribution in [1.82, 2.24) is 24.4 Å². The maximum Gasteiger partial charge on any atom is 0.187 e. The number of hydrogen-bond acceptors (Lipinski definition) is 5. The summed E-state index contributed by atoms with van der Waals surface area (Å²) in [4.78, 5) is 4.93. The van der Waals surface area contributed by atoms with Crippen molar-refractivity contribution in [1.29, 1.82) is 0 Å². The van der Waals surface area contributed by atoms with Crippen LogP contribution >= 0.6 is 11.5 Å². The molecule has 2 heterocycles. The predicted molar refractivity (Wildman–Crippen MR) is 70.0 cm³/mol. The predicted octanol–water partition coefficient (Wildman–Crippen LogP) is 2.59. The molecule has 3 aromatic rings. The molecule has 0 amide bonds. The summed E-state index contributed by atoms with van der Waals surface area (Å²) in [5, 5.41) is 7.97. The first-order chi connectivity index (χ1) is 9.58. The van der Waals surface area contributed by atoms with Crippen molar-refractivity contribution >= 4 is 11.5 Å². The second-order valence-corrected chi connectivity index (χ2v) is 4.92. The Morgan fingerprint density at radius 2 is 1.90 bits per heavy atom. The van der Waals surface area contributed by atoms with Gasteiger partial charge in [-0.1, -0.05) is 10.6 Å². The zero-order valence-electron chi connectivity index (χ0n) is 10.6. The van der Waals surface area contributed by atoms with E-state index in [4.69, 9.17) is 0 Å². The Kier molecular flexibility index (Phi) is 3.01. The third-order valence-electron chi connectivity index (χ3n) is 2.80. The first kappa shape index (κ1) is 12.8. The fourth-order valence-electron chi connectivity index (χ4n) is 1.84. The van der Waals surface area contributed by atoms with Crippen LogP contribution in [0.15, 0.2) is 18.2 Å². The lowest BCUT2D eigenvalue weighted by Gasteiger charge is -1.98. The van der Waals surface area contributed by atoms with Gasteiger partial charge in [0, 0.05) is 7.05 Å². The van der Waals surface area contributed by atoms with Crippen molar-refractivity contribution in [3.05, 3.63) is 35.5 Å². The van der Waals surface area contributed by atoms with Gasteiger partial charge in [0.25, 0.3) is 0 Å². The number of benzene rings is 1. The maximum absolute atomic E-state index is 13.7. The van der Waals surface area contributed by atoms with Gasteiger partial charge in [0.1, 0.15) is 16.5 Å². The van der Waals surface area contributed by atoms with E-state index in [0.717, 1.165) is 16.4 Å². The van der Waals surface area contributed by atoms with E-state index in [1.54, 1.807) is 14.0 Å². The Morgan fingerprint density at radius 1 is 1.20 bits per heavy atom. The van der Waals surface area contributed by atoms with Crippen molar-refractivity contribution < 1.29 is 8.78 Å². The van der Waals surface area contributed by atoms with Gasteiger partial charge >= 0.3 is 0 Å². The average molecular weight is 293 g/mol. The zero-order valence-corrected chi connectivity index (χ0v) is 11.4. The first-order valence-electron chi connectivity index (χ1n) is 5.72. The lowest BCUT2D eigenvalue weighted by molar-refractivity contribution is 0.587. The van der Waals surface area contributed by atoms with Crippen LogP contribution in [0.4, 0.5) is 8.78 Å². The summed E-state index contributed by atoms with van der Waals surface area (Å²) in [5.41, 5.74) is 0.468. The van der Waals surface area contributed by atoms with Gasteiger partial charge in [0.15, 0.2) is 11.6 Å². The van der Waals surface area contributed by atoms with Crippen LogP contribution < -0.4 is 0 Å². The molecule has 0 aliphatic rings. The molecule has 2 aromatic heterocycles. The summed E-state index contributed by atoms with van der Waals surface area (Å²) < 4.78 is 32.8. The van der Waals surface area contributed by atoms with Crippen LogP contribution in [0, 0.1) is 18.6 Å². The molecule has 0 bridgehead atoms. The van der Waals surface area contributed by atoms with Crippen LogP contribution in [-0.4, -0.2) is 24.4 Å². The molecule has 0 spiro atoms. The topological polar surface area (TPSA) is 56.5 Å². The van der Waals surface area contributed by atoms with Gasteiger partial charge in [-0.15, -0.1) is 5.10 Å². The number of aryl methyl sites for hydroxylation is 2. The van der Waals surface area contributed by atoms with Crippen LogP contribution in [0.2, 0.25) is 0 Å². The Hall–Kier alpha value is -2.22. The number of aromatic nitrogens is 5. The molecule has 0 aliphatic heterocycles. The van der Waals surface area contributed by atoms with E-state index in [1.807, 2.05) is 0 Å². The standard InChI is InChI=1S/C12H9F2N5S/c1-6-10(20-18-16-6)12-15-11(17-19(12)2)9-7(13)4-3-5-8(9)14/h3-5H,1-2H3. The van der Waals surface area contributed by atoms with Crippen molar-refractivity contribution in [3.63, 3.8) is 0 Å². The molecule has 102 valence electrons. The molecule has 0 N–H and O–H groups in total. The van der Waals surface area contributed by atoms with Gasteiger partial charge in [-0.3, -0.25) is 0 Å². The molecule has 0 atom stereocenters. The quantitative estimate of drug-likeness (QED) is 0.728. The molecule has 8 heteroatoms. The highest BCUT2D eigenvalue weighted by Gasteiger charge is 2.20. The summed E-state index contributed by atoms with van der Waals surface area (Å²) in [7, 11) is 1.66. The van der Waals surface area contributed by atoms with Crippen molar-refractivity contribution in [3.8, 4) is 22.1 Å². The van der Waals surface area contributed by atoms with Crippen molar-refractivity contribution in [2.45, 2.75) is 6.92 Å². The monoisotopic (exact) mass is 293 g/mol. The molecule has 1 aromatic carbocycles. The fourth-order valence-corrected chi connectivity index (χ4v) is 2.51. The van der Waals surface area contributed by atoms with Crippen LogP contribution in [-0.2, 0) is 7.05 Å². The molecular formula is C12H9F2N5S. The molecule has 0 unspecified atom stereocenters. The van der Waals surface area contributed by atoms with Gasteiger partial charge in [-0.05, 0) is 30.6 Å². The Balaban J connectivity index is 2.17. The van der Waals surface area contributed by atoms with E-state index in [9.17, 15) is 8.78 Å². The third kappa shape index (κ3) is 1.97. The van der Waals surface area contributed by atoms with Gasteiger partial charge in [-0.25, -0.2) is 18.4 Å². The summed E-state index contributed by atoms with van der Waals surface area (Å²) >= 11 is 1.16. The Bertz CT molecular complexity index is 760. The number of hydrogen-bond donors (Lipinski definition) is 0. The SMILES string of the molecule is Cc1nnsc1-c1nc(-c2c(F)cccc2F)nn1C. The minimum absolute atomic E-state index is 0.00546. The normalized spacial score (nSPS) is 11.0. The molecule has 0 radical (unpaired) electrons. The average Bonchev–Trinajstić information content (AvgIpc) is 2.95. The Morgan fingerprint density at radius 3 is 2.50 bits per heavy atom. The maximum atomic E-state index is 13.7. The van der Waals surface area contributed by atoms with E-state index in [1.165, 1.54) is 22.9 Å². The number of rotatable bonds is 2. The van der Waals surface area contributed by atoms with Crippen molar-refractivity contribution in [2.75, 3.05) is 0 Å². The van der Waals surface area contributed by atoms with Crippen LogP contribution in [0.3, 0.4) is 0 Å². The molecule has 0 saturated carbocycles. The third-order valence-corrected chi connectivity index (χ3v) is 3.63. The first-order valence-corrected chi connectivity index (χ1v) is 6.50. The summed E-state index contributed by atoms with van der Waals surface area (Å²) in [6.45, 7) is 1.79. The highest BCUT2D eigenvalue weighted by atomic mass is 32.1. The van der Waals surface area contributed by atoms with Gasteiger partial charge in [-0.2, -0.15) is 5.10 Å². The second kappa shape index (κ2) is 4.71. The van der Waals surface area contributed by atoms with Gasteiger partial charge in [0.05, 0.1) is 11.3 Å². The van der Waals surface area contributed by atoms with E-state index in [0.29, 0.717) is 11.5 Å². The van der Waals surface area contributed by atoms with E-state index >= 15 is 0 Å². The van der Waals surface area contributed by atoms with Crippen LogP contribution in [0.25, 0.3) is 22.1 Å². The van der Waals surface area contributed by atoms with Crippen molar-refractivity contribution in [2.24, 2.45) is 7.05 Å². The largest absolute Gasteiger partial charge is 0.248 e. The second-order valence-electron chi connectivity index (χ2n) is 4.17. The summed E-state index contributed by atoms with van der Waals surface area (Å²) in [6, 6.07) is 3.65. The molecule has 0 saturated heterocycles. The zero-order chi connectivity index (χ0) is 14.3. The summed E-state index contributed by atoms with van der Waals surface area (Å²) in [6.07, 6.45) is 0. The van der Waals surface area contributed by atoms with E-state index in [2.05, 4.69) is 19.7 Å². The minimum Gasteiger partial charge on any atom is -0.248 e. The molecule has 3 rings (SSSR count). The molecule has 0 fully saturated rings. The molecule has 5 nitrogen and oxygen atoms in total. The number of halogens is 2. The van der Waals surface area contributed by atoms with E-state index < -0.39 is 11.6 Å². The smallest absolute Gasteiger partial charge is 0.187 e. The highest BCUT2D eigenvalue weighted by molar-refractivity contribution is 7.09. The number of nitrogens with zero attached hydrogens (tertiary/aromatic N) is 5.